The number of hydrogen-bond donors (Lipinski definition) is 2. The molecule has 7 nitrogen and oxygen atoms in total. The van der Waals surface area contributed by atoms with Crippen molar-refractivity contribution in [3.8, 4) is 5.75 Å². The van der Waals surface area contributed by atoms with E-state index in [1.807, 2.05) is 37.3 Å². The Hall–Kier alpha value is -2.56. The van der Waals surface area contributed by atoms with Gasteiger partial charge in [0.05, 0.1) is 12.2 Å². The van der Waals surface area contributed by atoms with E-state index in [1.165, 1.54) is 6.07 Å². The molecule has 0 atom stereocenters. The summed E-state index contributed by atoms with van der Waals surface area (Å²) in [5, 5.41) is 3.33. The van der Waals surface area contributed by atoms with Crippen molar-refractivity contribution >= 4 is 41.5 Å². The molecule has 9 heteroatoms. The lowest BCUT2D eigenvalue weighted by atomic mass is 10.2. The predicted molar refractivity (Wildman–Crippen MR) is 132 cm³/mol. The van der Waals surface area contributed by atoms with Crippen LogP contribution >= 0.6 is 24.0 Å². The van der Waals surface area contributed by atoms with Gasteiger partial charge in [-0.3, -0.25) is 4.79 Å². The Labute approximate surface area is 199 Å². The monoisotopic (exact) mass is 541 g/mol. The van der Waals surface area contributed by atoms with Gasteiger partial charge in [0.2, 0.25) is 0 Å². The van der Waals surface area contributed by atoms with Crippen LogP contribution in [0.2, 0.25) is 0 Å². The average Bonchev–Trinajstić information content (AvgIpc) is 2.76. The van der Waals surface area contributed by atoms with Gasteiger partial charge < -0.3 is 25.6 Å². The SMILES string of the molecule is CCNC(=NCc1cccc(OCC(N)=O)c1)N1CCN(c2ccccc2F)CC1.I. The molecular weight excluding hydrogens is 512 g/mol. The quantitative estimate of drug-likeness (QED) is 0.320. The first-order chi connectivity index (χ1) is 14.6. The molecule has 3 rings (SSSR count). The highest BCUT2D eigenvalue weighted by molar-refractivity contribution is 14.0. The summed E-state index contributed by atoms with van der Waals surface area (Å²) in [7, 11) is 0. The Kier molecular flexibility index (Phi) is 9.83. The second-order valence-corrected chi connectivity index (χ2v) is 7.00. The number of guanidine groups is 1. The maximum absolute atomic E-state index is 14.1. The van der Waals surface area contributed by atoms with Crippen LogP contribution in [0.3, 0.4) is 0 Å². The molecule has 1 heterocycles. The van der Waals surface area contributed by atoms with Crippen molar-refractivity contribution in [3.05, 3.63) is 59.9 Å². The van der Waals surface area contributed by atoms with Crippen LogP contribution in [0.15, 0.2) is 53.5 Å². The van der Waals surface area contributed by atoms with Gasteiger partial charge in [0.1, 0.15) is 11.6 Å². The zero-order chi connectivity index (χ0) is 21.3. The third kappa shape index (κ3) is 7.27. The lowest BCUT2D eigenvalue weighted by molar-refractivity contribution is -0.119. The van der Waals surface area contributed by atoms with E-state index in [9.17, 15) is 9.18 Å². The molecule has 168 valence electrons. The number of benzene rings is 2. The Balaban J connectivity index is 0.00000341. The molecule has 31 heavy (non-hydrogen) atoms. The lowest BCUT2D eigenvalue weighted by Crippen LogP contribution is -2.52. The molecule has 2 aromatic carbocycles. The fourth-order valence-electron chi connectivity index (χ4n) is 3.35. The molecule has 1 aliphatic rings. The summed E-state index contributed by atoms with van der Waals surface area (Å²) in [5.74, 6) is 0.714. The van der Waals surface area contributed by atoms with E-state index in [0.717, 1.165) is 44.2 Å². The van der Waals surface area contributed by atoms with Crippen LogP contribution in [-0.4, -0.2) is 56.1 Å². The average molecular weight is 541 g/mol. The zero-order valence-electron chi connectivity index (χ0n) is 17.6. The molecule has 2 aromatic rings. The fourth-order valence-corrected chi connectivity index (χ4v) is 3.35. The highest BCUT2D eigenvalue weighted by atomic mass is 127. The summed E-state index contributed by atoms with van der Waals surface area (Å²) in [4.78, 5) is 19.9. The number of nitrogens with one attached hydrogen (secondary N) is 1. The number of aliphatic imine (C=N–C) groups is 1. The minimum atomic E-state index is -0.512. The maximum atomic E-state index is 14.1. The van der Waals surface area contributed by atoms with E-state index in [2.05, 4.69) is 15.1 Å². The highest BCUT2D eigenvalue weighted by Crippen LogP contribution is 2.20. The minimum absolute atomic E-state index is 0. The van der Waals surface area contributed by atoms with Crippen LogP contribution in [0.25, 0.3) is 0 Å². The van der Waals surface area contributed by atoms with Crippen molar-refractivity contribution in [1.82, 2.24) is 10.2 Å². The van der Waals surface area contributed by atoms with Gasteiger partial charge in [-0.2, -0.15) is 0 Å². The van der Waals surface area contributed by atoms with Gasteiger partial charge in [-0.15, -0.1) is 24.0 Å². The fraction of sp³-hybridized carbons (Fsp3) is 0.364. The van der Waals surface area contributed by atoms with Crippen molar-refractivity contribution in [3.63, 3.8) is 0 Å². The van der Waals surface area contributed by atoms with E-state index in [-0.39, 0.29) is 36.4 Å². The molecule has 3 N–H and O–H groups in total. The van der Waals surface area contributed by atoms with Gasteiger partial charge in [-0.1, -0.05) is 24.3 Å². The van der Waals surface area contributed by atoms with Crippen molar-refractivity contribution in [2.75, 3.05) is 44.2 Å². The van der Waals surface area contributed by atoms with E-state index in [0.29, 0.717) is 18.0 Å². The second kappa shape index (κ2) is 12.3. The molecule has 1 aliphatic heterocycles. The number of nitrogens with two attached hydrogens (primary N) is 1. The van der Waals surface area contributed by atoms with Crippen molar-refractivity contribution in [1.29, 1.82) is 0 Å². The topological polar surface area (TPSA) is 83.2 Å². The number of hydrogen-bond acceptors (Lipinski definition) is 4. The summed E-state index contributed by atoms with van der Waals surface area (Å²) in [5.41, 5.74) is 6.74. The third-order valence-electron chi connectivity index (χ3n) is 4.80. The summed E-state index contributed by atoms with van der Waals surface area (Å²) in [6.45, 7) is 6.07. The molecule has 0 saturated carbocycles. The predicted octanol–water partition coefficient (Wildman–Crippen LogP) is 2.60. The Bertz CT molecular complexity index is 888. The number of primary amides is 1. The first-order valence-electron chi connectivity index (χ1n) is 10.1. The van der Waals surface area contributed by atoms with E-state index in [1.54, 1.807) is 12.1 Å². The number of halogens is 2. The second-order valence-electron chi connectivity index (χ2n) is 7.00. The summed E-state index contributed by atoms with van der Waals surface area (Å²) in [6.07, 6.45) is 0. The molecule has 0 aromatic heterocycles. The van der Waals surface area contributed by atoms with Crippen LogP contribution in [0, 0.1) is 5.82 Å². The van der Waals surface area contributed by atoms with Crippen molar-refractivity contribution in [2.24, 2.45) is 10.7 Å². The number of rotatable bonds is 7. The third-order valence-corrected chi connectivity index (χ3v) is 4.80. The van der Waals surface area contributed by atoms with Crippen LogP contribution in [0.1, 0.15) is 12.5 Å². The first kappa shape index (κ1) is 24.7. The number of amides is 1. The molecule has 0 bridgehead atoms. The van der Waals surface area contributed by atoms with Gasteiger partial charge in [0.15, 0.2) is 12.6 Å². The van der Waals surface area contributed by atoms with E-state index in [4.69, 9.17) is 15.5 Å². The molecule has 0 unspecified atom stereocenters. The van der Waals surface area contributed by atoms with Crippen molar-refractivity contribution in [2.45, 2.75) is 13.5 Å². The summed E-state index contributed by atoms with van der Waals surface area (Å²) < 4.78 is 19.4. The van der Waals surface area contributed by atoms with Gasteiger partial charge >= 0.3 is 0 Å². The molecule has 0 spiro atoms. The molecule has 0 radical (unpaired) electrons. The molecule has 1 amide bonds. The first-order valence-corrected chi connectivity index (χ1v) is 10.1. The van der Waals surface area contributed by atoms with Gasteiger partial charge in [0.25, 0.3) is 5.91 Å². The normalized spacial score (nSPS) is 14.1. The highest BCUT2D eigenvalue weighted by Gasteiger charge is 2.21. The summed E-state index contributed by atoms with van der Waals surface area (Å²) >= 11 is 0. The number of anilines is 1. The number of carbonyl (C=O) groups is 1. The van der Waals surface area contributed by atoms with Crippen molar-refractivity contribution < 1.29 is 13.9 Å². The maximum Gasteiger partial charge on any atom is 0.255 e. The minimum Gasteiger partial charge on any atom is -0.484 e. The van der Waals surface area contributed by atoms with E-state index < -0.39 is 5.91 Å². The number of ether oxygens (including phenoxy) is 1. The Morgan fingerprint density at radius 3 is 2.58 bits per heavy atom. The number of nitrogens with zero attached hydrogens (tertiary/aromatic N) is 3. The summed E-state index contributed by atoms with van der Waals surface area (Å²) in [6, 6.07) is 14.3. The zero-order valence-corrected chi connectivity index (χ0v) is 19.9. The largest absolute Gasteiger partial charge is 0.484 e. The standard InChI is InChI=1S/C22H28FN5O2.HI/c1-2-25-22(26-15-17-6-5-7-18(14-17)30-16-21(24)29)28-12-10-27(11-13-28)20-9-4-3-8-19(20)23;/h3-9,14H,2,10-13,15-16H2,1H3,(H2,24,29)(H,25,26);1H. The molecule has 1 saturated heterocycles. The van der Waals surface area contributed by atoms with Gasteiger partial charge in [-0.05, 0) is 36.8 Å². The van der Waals surface area contributed by atoms with Crippen LogP contribution in [0.5, 0.6) is 5.75 Å². The Morgan fingerprint density at radius 2 is 1.90 bits per heavy atom. The number of carbonyl (C=O) groups excluding carboxylic acids is 1. The van der Waals surface area contributed by atoms with Gasteiger partial charge in [0, 0.05) is 32.7 Å². The van der Waals surface area contributed by atoms with Crippen LogP contribution < -0.4 is 20.7 Å². The Morgan fingerprint density at radius 1 is 1.16 bits per heavy atom. The molecule has 0 aliphatic carbocycles. The number of para-hydroxylation sites is 1. The molecular formula is C22H29FIN5O2. The van der Waals surface area contributed by atoms with Gasteiger partial charge in [-0.25, -0.2) is 9.38 Å². The lowest BCUT2D eigenvalue weighted by Gasteiger charge is -2.37. The van der Waals surface area contributed by atoms with Crippen LogP contribution in [0.4, 0.5) is 10.1 Å². The number of piperazine rings is 1. The molecule has 1 fully saturated rings. The smallest absolute Gasteiger partial charge is 0.255 e. The van der Waals surface area contributed by atoms with Crippen LogP contribution in [-0.2, 0) is 11.3 Å². The van der Waals surface area contributed by atoms with E-state index >= 15 is 0 Å².